The van der Waals surface area contributed by atoms with Crippen LogP contribution < -0.4 is 0 Å². The second kappa shape index (κ2) is 9.46. The van der Waals surface area contributed by atoms with E-state index in [2.05, 4.69) is 76.1 Å². The summed E-state index contributed by atoms with van der Waals surface area (Å²) in [5, 5.41) is 0. The molecule has 0 aliphatic heterocycles. The second-order valence-electron chi connectivity index (χ2n) is 9.44. The van der Waals surface area contributed by atoms with Gasteiger partial charge in [0.25, 0.3) is 0 Å². The molecular weight excluding hydrogens is 350 g/mol. The molecule has 0 bridgehead atoms. The molecule has 0 saturated carbocycles. The van der Waals surface area contributed by atoms with Gasteiger partial charge in [-0.3, -0.25) is 0 Å². The molecular formula is C23H37NO2Si. The van der Waals surface area contributed by atoms with Crippen molar-refractivity contribution in [2.45, 2.75) is 79.2 Å². The minimum atomic E-state index is -1.38. The van der Waals surface area contributed by atoms with Crippen LogP contribution in [-0.2, 0) is 4.74 Å². The van der Waals surface area contributed by atoms with Crippen LogP contribution in [0, 0.1) is 17.4 Å². The lowest BCUT2D eigenvalue weighted by molar-refractivity contribution is 0.0141. The van der Waals surface area contributed by atoms with Crippen molar-refractivity contribution in [1.82, 2.24) is 4.90 Å². The molecule has 0 fully saturated rings. The minimum absolute atomic E-state index is 0.0483. The maximum atomic E-state index is 12.8. The van der Waals surface area contributed by atoms with Gasteiger partial charge in [-0.2, -0.15) is 0 Å². The topological polar surface area (TPSA) is 29.5 Å². The summed E-state index contributed by atoms with van der Waals surface area (Å²) in [6, 6.07) is 8.21. The van der Waals surface area contributed by atoms with Gasteiger partial charge < -0.3 is 9.64 Å². The molecule has 2 atom stereocenters. The van der Waals surface area contributed by atoms with E-state index in [0.717, 1.165) is 17.5 Å². The summed E-state index contributed by atoms with van der Waals surface area (Å²) in [5.74, 6) is 3.70. The first-order chi connectivity index (χ1) is 12.3. The highest BCUT2D eigenvalue weighted by Crippen LogP contribution is 2.25. The fourth-order valence-electron chi connectivity index (χ4n) is 2.46. The Kier molecular flexibility index (Phi) is 8.17. The third-order valence-corrected chi connectivity index (χ3v) is 5.15. The summed E-state index contributed by atoms with van der Waals surface area (Å²) in [7, 11) is -1.38. The summed E-state index contributed by atoms with van der Waals surface area (Å²) in [5.41, 5.74) is 5.02. The fraction of sp³-hybridized carbons (Fsp3) is 0.609. The number of hydrogen-bond donors (Lipinski definition) is 0. The van der Waals surface area contributed by atoms with Gasteiger partial charge in [-0.05, 0) is 51.3 Å². The summed E-state index contributed by atoms with van der Waals surface area (Å²) >= 11 is 0. The molecule has 4 heteroatoms. The van der Waals surface area contributed by atoms with Crippen molar-refractivity contribution >= 4 is 14.2 Å². The Balaban J connectivity index is 3.04. The summed E-state index contributed by atoms with van der Waals surface area (Å²) in [6.45, 7) is 19.5. The Morgan fingerprint density at radius 2 is 1.70 bits per heavy atom. The normalized spacial score (nSPS) is 14.0. The van der Waals surface area contributed by atoms with Crippen LogP contribution in [0.15, 0.2) is 24.3 Å². The van der Waals surface area contributed by atoms with Gasteiger partial charge in [0.1, 0.15) is 13.7 Å². The third kappa shape index (κ3) is 8.66. The van der Waals surface area contributed by atoms with Gasteiger partial charge in [-0.15, -0.1) is 5.54 Å². The maximum absolute atomic E-state index is 12.8. The number of ether oxygens (including phenoxy) is 1. The minimum Gasteiger partial charge on any atom is -0.444 e. The lowest BCUT2D eigenvalue weighted by Crippen LogP contribution is -2.40. The average Bonchev–Trinajstić information content (AvgIpc) is 2.55. The summed E-state index contributed by atoms with van der Waals surface area (Å²) in [4.78, 5) is 14.6. The Morgan fingerprint density at radius 1 is 1.15 bits per heavy atom. The number of carbonyl (C=O) groups excluding carboxylic acids is 1. The Labute approximate surface area is 167 Å². The fourth-order valence-corrected chi connectivity index (χ4v) is 2.98. The van der Waals surface area contributed by atoms with E-state index >= 15 is 0 Å². The van der Waals surface area contributed by atoms with Crippen LogP contribution in [0.5, 0.6) is 0 Å². The van der Waals surface area contributed by atoms with E-state index in [4.69, 9.17) is 4.74 Å². The second-order valence-corrected chi connectivity index (χ2v) is 14.2. The molecule has 27 heavy (non-hydrogen) atoms. The van der Waals surface area contributed by atoms with Gasteiger partial charge in [-0.25, -0.2) is 4.79 Å². The van der Waals surface area contributed by atoms with E-state index in [9.17, 15) is 4.79 Å². The van der Waals surface area contributed by atoms with E-state index in [-0.39, 0.29) is 12.1 Å². The van der Waals surface area contributed by atoms with Crippen LogP contribution in [0.1, 0.15) is 65.1 Å². The lowest BCUT2D eigenvalue weighted by atomic mass is 10.0. The van der Waals surface area contributed by atoms with Gasteiger partial charge in [0.2, 0.25) is 0 Å². The number of rotatable bonds is 5. The zero-order chi connectivity index (χ0) is 20.8. The molecule has 0 heterocycles. The largest absolute Gasteiger partial charge is 0.444 e. The predicted octanol–water partition coefficient (Wildman–Crippen LogP) is 6.26. The predicted molar refractivity (Wildman–Crippen MR) is 117 cm³/mol. The summed E-state index contributed by atoms with van der Waals surface area (Å²) < 4.78 is 5.66. The van der Waals surface area contributed by atoms with Crippen LogP contribution in [0.25, 0.3) is 0 Å². The SMILES string of the molecule is CCC(C)CN(C(=O)OC(C)(C)C)C(C)c1ccc(C#C[Si](C)(C)C)cc1. The maximum Gasteiger partial charge on any atom is 0.410 e. The Bertz CT molecular complexity index is 672. The first-order valence-corrected chi connectivity index (χ1v) is 13.4. The highest BCUT2D eigenvalue weighted by molar-refractivity contribution is 6.83. The van der Waals surface area contributed by atoms with Crippen molar-refractivity contribution in [3.63, 3.8) is 0 Å². The molecule has 0 N–H and O–H groups in total. The lowest BCUT2D eigenvalue weighted by Gasteiger charge is -2.33. The summed E-state index contributed by atoms with van der Waals surface area (Å²) in [6.07, 6.45) is 0.773. The van der Waals surface area contributed by atoms with Crippen LogP contribution in [-0.4, -0.2) is 31.2 Å². The van der Waals surface area contributed by atoms with E-state index in [1.165, 1.54) is 0 Å². The van der Waals surface area contributed by atoms with Gasteiger partial charge in [-0.1, -0.05) is 58.0 Å². The standard InChI is InChI=1S/C23H37NO2Si/c1-10-18(2)17-24(22(25)26-23(4,5)6)19(3)21-13-11-20(12-14-21)15-16-27(7,8)9/h11-14,18-19H,10,17H2,1-9H3. The van der Waals surface area contributed by atoms with E-state index < -0.39 is 13.7 Å². The van der Waals surface area contributed by atoms with Crippen LogP contribution in [0.4, 0.5) is 4.79 Å². The zero-order valence-corrected chi connectivity index (χ0v) is 19.6. The van der Waals surface area contributed by atoms with Crippen molar-refractivity contribution in [2.24, 2.45) is 5.92 Å². The first kappa shape index (κ1) is 23.3. The quantitative estimate of drug-likeness (QED) is 0.441. The third-order valence-electron chi connectivity index (χ3n) is 4.28. The molecule has 1 aromatic rings. The van der Waals surface area contributed by atoms with Crippen molar-refractivity contribution in [3.8, 4) is 11.5 Å². The number of benzene rings is 1. The zero-order valence-electron chi connectivity index (χ0n) is 18.6. The smallest absolute Gasteiger partial charge is 0.410 e. The molecule has 1 rings (SSSR count). The number of amides is 1. The average molecular weight is 388 g/mol. The van der Waals surface area contributed by atoms with E-state index in [1.807, 2.05) is 25.7 Å². The molecule has 0 aliphatic rings. The highest BCUT2D eigenvalue weighted by atomic mass is 28.3. The van der Waals surface area contributed by atoms with Gasteiger partial charge in [0, 0.05) is 12.1 Å². The van der Waals surface area contributed by atoms with Crippen molar-refractivity contribution in [3.05, 3.63) is 35.4 Å². The molecule has 3 nitrogen and oxygen atoms in total. The van der Waals surface area contributed by atoms with Crippen molar-refractivity contribution in [1.29, 1.82) is 0 Å². The van der Waals surface area contributed by atoms with Crippen LogP contribution >= 0.6 is 0 Å². The van der Waals surface area contributed by atoms with Crippen LogP contribution in [0.3, 0.4) is 0 Å². The molecule has 2 unspecified atom stereocenters. The number of hydrogen-bond acceptors (Lipinski definition) is 2. The van der Waals surface area contributed by atoms with Crippen LogP contribution in [0.2, 0.25) is 19.6 Å². The Morgan fingerprint density at radius 3 is 2.15 bits per heavy atom. The number of nitrogens with zero attached hydrogens (tertiary/aromatic N) is 1. The molecule has 0 aromatic heterocycles. The van der Waals surface area contributed by atoms with Gasteiger partial charge >= 0.3 is 6.09 Å². The Hall–Kier alpha value is -1.73. The van der Waals surface area contributed by atoms with Gasteiger partial charge in [0.15, 0.2) is 0 Å². The molecule has 0 aliphatic carbocycles. The molecule has 1 aromatic carbocycles. The molecule has 0 radical (unpaired) electrons. The molecule has 1 amide bonds. The highest BCUT2D eigenvalue weighted by Gasteiger charge is 2.27. The first-order valence-electron chi connectivity index (χ1n) is 9.95. The molecule has 0 spiro atoms. The molecule has 0 saturated heterocycles. The monoisotopic (exact) mass is 387 g/mol. The van der Waals surface area contributed by atoms with E-state index in [1.54, 1.807) is 0 Å². The van der Waals surface area contributed by atoms with Crippen molar-refractivity contribution < 1.29 is 9.53 Å². The number of carbonyl (C=O) groups is 1. The molecule has 150 valence electrons. The van der Waals surface area contributed by atoms with Crippen molar-refractivity contribution in [2.75, 3.05) is 6.54 Å². The van der Waals surface area contributed by atoms with Gasteiger partial charge in [0.05, 0.1) is 6.04 Å². The van der Waals surface area contributed by atoms with E-state index in [0.29, 0.717) is 12.5 Å².